The third-order valence-electron chi connectivity index (χ3n) is 3.33. The van der Waals surface area contributed by atoms with E-state index < -0.39 is 5.97 Å². The number of carbonyl (C=O) groups is 2. The number of aryl methyl sites for hydroxylation is 2. The monoisotopic (exact) mass is 350 g/mol. The zero-order chi connectivity index (χ0) is 15.7. The Morgan fingerprint density at radius 1 is 1.24 bits per heavy atom. The van der Waals surface area contributed by atoms with E-state index in [0.29, 0.717) is 22.5 Å². The number of aromatic carboxylic acids is 1. The fourth-order valence-electron chi connectivity index (χ4n) is 2.22. The van der Waals surface area contributed by atoms with Gasteiger partial charge in [0.25, 0.3) is 5.91 Å². The van der Waals surface area contributed by atoms with Gasteiger partial charge in [-0.1, -0.05) is 22.0 Å². The van der Waals surface area contributed by atoms with Gasteiger partial charge in [0.1, 0.15) is 5.69 Å². The summed E-state index contributed by atoms with van der Waals surface area (Å²) in [6.07, 6.45) is 0. The molecule has 3 N–H and O–H groups in total. The minimum absolute atomic E-state index is 0.0450. The van der Waals surface area contributed by atoms with Gasteiger partial charge in [-0.3, -0.25) is 4.79 Å². The third kappa shape index (κ3) is 3.00. The number of carboxylic acids is 1. The molecular formula is C15H15BrN2O3. The van der Waals surface area contributed by atoms with Crippen molar-refractivity contribution in [2.24, 2.45) is 0 Å². The predicted octanol–water partition coefficient (Wildman–Crippen LogP) is 3.65. The molecule has 0 atom stereocenters. The first-order valence-electron chi connectivity index (χ1n) is 6.31. The maximum atomic E-state index is 12.4. The predicted molar refractivity (Wildman–Crippen MR) is 84.1 cm³/mol. The highest BCUT2D eigenvalue weighted by atomic mass is 79.9. The number of carboxylic acid groups (broad SMARTS) is 1. The zero-order valence-electron chi connectivity index (χ0n) is 11.9. The van der Waals surface area contributed by atoms with Crippen molar-refractivity contribution in [1.82, 2.24) is 4.98 Å². The van der Waals surface area contributed by atoms with Crippen LogP contribution in [0.25, 0.3) is 0 Å². The number of carbonyl (C=O) groups excluding carboxylic acids is 1. The molecule has 21 heavy (non-hydrogen) atoms. The van der Waals surface area contributed by atoms with Crippen molar-refractivity contribution in [3.8, 4) is 0 Å². The summed E-state index contributed by atoms with van der Waals surface area (Å²) in [5, 5.41) is 11.9. The zero-order valence-corrected chi connectivity index (χ0v) is 13.5. The molecule has 0 fully saturated rings. The molecule has 0 bridgehead atoms. The lowest BCUT2D eigenvalue weighted by atomic mass is 10.1. The van der Waals surface area contributed by atoms with Gasteiger partial charge in [-0.2, -0.15) is 0 Å². The van der Waals surface area contributed by atoms with Crippen LogP contribution in [0.4, 0.5) is 5.69 Å². The summed E-state index contributed by atoms with van der Waals surface area (Å²) < 4.78 is 0.858. The van der Waals surface area contributed by atoms with Gasteiger partial charge in [-0.25, -0.2) is 4.79 Å². The maximum absolute atomic E-state index is 12.4. The summed E-state index contributed by atoms with van der Waals surface area (Å²) in [4.78, 5) is 26.2. The number of aromatic amines is 1. The Morgan fingerprint density at radius 3 is 2.48 bits per heavy atom. The molecule has 1 heterocycles. The van der Waals surface area contributed by atoms with Gasteiger partial charge >= 0.3 is 5.97 Å². The summed E-state index contributed by atoms with van der Waals surface area (Å²) in [5.74, 6) is -1.40. The molecule has 0 radical (unpaired) electrons. The number of aromatic nitrogens is 1. The highest BCUT2D eigenvalue weighted by Gasteiger charge is 2.21. The van der Waals surface area contributed by atoms with Gasteiger partial charge < -0.3 is 15.4 Å². The maximum Gasteiger partial charge on any atom is 0.352 e. The largest absolute Gasteiger partial charge is 0.477 e. The van der Waals surface area contributed by atoms with E-state index in [1.807, 2.05) is 25.1 Å². The van der Waals surface area contributed by atoms with Crippen molar-refractivity contribution in [3.63, 3.8) is 0 Å². The number of benzene rings is 1. The van der Waals surface area contributed by atoms with Crippen LogP contribution in [0.3, 0.4) is 0 Å². The fourth-order valence-corrected chi connectivity index (χ4v) is 2.58. The van der Waals surface area contributed by atoms with Crippen molar-refractivity contribution in [3.05, 3.63) is 50.8 Å². The average Bonchev–Trinajstić information content (AvgIpc) is 2.69. The lowest BCUT2D eigenvalue weighted by Gasteiger charge is -2.09. The average molecular weight is 351 g/mol. The minimum Gasteiger partial charge on any atom is -0.477 e. The first-order chi connectivity index (χ1) is 9.81. The third-order valence-corrected chi connectivity index (χ3v) is 3.82. The van der Waals surface area contributed by atoms with E-state index in [1.54, 1.807) is 13.8 Å². The quantitative estimate of drug-likeness (QED) is 0.789. The smallest absolute Gasteiger partial charge is 0.352 e. The molecule has 1 amide bonds. The molecule has 2 aromatic rings. The molecule has 5 nitrogen and oxygen atoms in total. The number of H-pyrrole nitrogens is 1. The lowest BCUT2D eigenvalue weighted by molar-refractivity contribution is 0.0690. The SMILES string of the molecule is Cc1ccc(Br)cc1NC(=O)c1c(C)[nH]c(C(=O)O)c1C. The van der Waals surface area contributed by atoms with Crippen LogP contribution in [0.5, 0.6) is 0 Å². The van der Waals surface area contributed by atoms with Gasteiger partial charge in [-0.05, 0) is 44.0 Å². The molecule has 0 aliphatic rings. The number of rotatable bonds is 3. The number of anilines is 1. The van der Waals surface area contributed by atoms with Crippen LogP contribution in [0.15, 0.2) is 22.7 Å². The molecule has 6 heteroatoms. The van der Waals surface area contributed by atoms with Gasteiger partial charge in [0, 0.05) is 15.9 Å². The first kappa shape index (κ1) is 15.3. The Kier molecular flexibility index (Phi) is 4.18. The molecule has 110 valence electrons. The van der Waals surface area contributed by atoms with E-state index >= 15 is 0 Å². The Labute approximate surface area is 130 Å². The second-order valence-corrected chi connectivity index (χ2v) is 5.76. The highest BCUT2D eigenvalue weighted by Crippen LogP contribution is 2.23. The molecule has 1 aromatic carbocycles. The van der Waals surface area contributed by atoms with E-state index in [-0.39, 0.29) is 11.6 Å². The van der Waals surface area contributed by atoms with Gasteiger partial charge in [0.15, 0.2) is 0 Å². The fraction of sp³-hybridized carbons (Fsp3) is 0.200. The van der Waals surface area contributed by atoms with Gasteiger partial charge in [0.2, 0.25) is 0 Å². The van der Waals surface area contributed by atoms with E-state index in [4.69, 9.17) is 5.11 Å². The number of hydrogen-bond acceptors (Lipinski definition) is 2. The topological polar surface area (TPSA) is 82.2 Å². The molecule has 0 aliphatic carbocycles. The van der Waals surface area contributed by atoms with Crippen LogP contribution < -0.4 is 5.32 Å². The lowest BCUT2D eigenvalue weighted by Crippen LogP contribution is -2.14. The molecular weight excluding hydrogens is 336 g/mol. The Bertz CT molecular complexity index is 735. The molecule has 0 unspecified atom stereocenters. The summed E-state index contributed by atoms with van der Waals surface area (Å²) in [6.45, 7) is 5.19. The van der Waals surface area contributed by atoms with Gasteiger partial charge in [-0.15, -0.1) is 0 Å². The van der Waals surface area contributed by atoms with Crippen LogP contribution in [0.2, 0.25) is 0 Å². The molecule has 0 spiro atoms. The second-order valence-electron chi connectivity index (χ2n) is 4.84. The Morgan fingerprint density at radius 2 is 1.90 bits per heavy atom. The van der Waals surface area contributed by atoms with Crippen molar-refractivity contribution in [1.29, 1.82) is 0 Å². The van der Waals surface area contributed by atoms with E-state index in [0.717, 1.165) is 10.0 Å². The summed E-state index contributed by atoms with van der Waals surface area (Å²) in [7, 11) is 0. The number of nitrogens with one attached hydrogen (secondary N) is 2. The summed E-state index contributed by atoms with van der Waals surface area (Å²) in [5.41, 5.74) is 3.00. The van der Waals surface area contributed by atoms with E-state index in [9.17, 15) is 9.59 Å². The van der Waals surface area contributed by atoms with Crippen LogP contribution >= 0.6 is 15.9 Å². The summed E-state index contributed by atoms with van der Waals surface area (Å²) in [6, 6.07) is 5.59. The van der Waals surface area contributed by atoms with Crippen molar-refractivity contribution >= 4 is 33.5 Å². The standard InChI is InChI=1S/C15H15BrN2O3/c1-7-4-5-10(16)6-11(7)18-14(19)12-8(2)13(15(20)21)17-9(12)3/h4-6,17H,1-3H3,(H,18,19)(H,20,21). The van der Waals surface area contributed by atoms with Crippen molar-refractivity contribution in [2.75, 3.05) is 5.32 Å². The highest BCUT2D eigenvalue weighted by molar-refractivity contribution is 9.10. The summed E-state index contributed by atoms with van der Waals surface area (Å²) >= 11 is 3.36. The number of hydrogen-bond donors (Lipinski definition) is 3. The van der Waals surface area contributed by atoms with Crippen LogP contribution in [-0.2, 0) is 0 Å². The van der Waals surface area contributed by atoms with Crippen LogP contribution in [-0.4, -0.2) is 22.0 Å². The molecule has 0 saturated heterocycles. The molecule has 1 aromatic heterocycles. The minimum atomic E-state index is -1.08. The van der Waals surface area contributed by atoms with Crippen molar-refractivity contribution in [2.45, 2.75) is 20.8 Å². The second kappa shape index (κ2) is 5.73. The number of halogens is 1. The number of amides is 1. The van der Waals surface area contributed by atoms with E-state index in [2.05, 4.69) is 26.2 Å². The van der Waals surface area contributed by atoms with E-state index in [1.165, 1.54) is 0 Å². The Balaban J connectivity index is 2.37. The molecule has 0 saturated carbocycles. The first-order valence-corrected chi connectivity index (χ1v) is 7.10. The molecule has 2 rings (SSSR count). The van der Waals surface area contributed by atoms with Crippen LogP contribution in [0, 0.1) is 20.8 Å². The van der Waals surface area contributed by atoms with Crippen LogP contribution in [0.1, 0.15) is 37.7 Å². The Hall–Kier alpha value is -2.08. The normalized spacial score (nSPS) is 10.5. The van der Waals surface area contributed by atoms with Gasteiger partial charge in [0.05, 0.1) is 5.56 Å². The van der Waals surface area contributed by atoms with Crippen molar-refractivity contribution < 1.29 is 14.7 Å². The molecule has 0 aliphatic heterocycles.